The molecule has 1 saturated heterocycles. The molecule has 0 spiro atoms. The Morgan fingerprint density at radius 3 is 2.64 bits per heavy atom. The molecule has 0 bridgehead atoms. The Morgan fingerprint density at radius 2 is 1.92 bits per heavy atom. The quantitative estimate of drug-likeness (QED) is 0.673. The van der Waals surface area contributed by atoms with Crippen LogP contribution in [0.5, 0.6) is 0 Å². The number of rotatable bonds is 6. The number of thioether (sulfide) groups is 1. The number of aryl methyl sites for hydroxylation is 1. The molecule has 1 aliphatic rings. The molecule has 1 aromatic heterocycles. The van der Waals surface area contributed by atoms with Gasteiger partial charge in [0.15, 0.2) is 0 Å². The first kappa shape index (κ1) is 17.7. The summed E-state index contributed by atoms with van der Waals surface area (Å²) in [6.45, 7) is 15.0. The van der Waals surface area contributed by atoms with Crippen molar-refractivity contribution in [2.45, 2.75) is 26.7 Å². The zero-order chi connectivity index (χ0) is 17.8. The summed E-state index contributed by atoms with van der Waals surface area (Å²) in [6, 6.07) is 10.7. The van der Waals surface area contributed by atoms with Crippen molar-refractivity contribution in [1.82, 2.24) is 9.88 Å². The van der Waals surface area contributed by atoms with E-state index in [1.807, 2.05) is 0 Å². The number of nitrogens with one attached hydrogen (secondary N) is 1. The summed E-state index contributed by atoms with van der Waals surface area (Å²) < 4.78 is 0. The molecule has 0 saturated carbocycles. The second-order valence-corrected chi connectivity index (χ2v) is 7.62. The third-order valence-electron chi connectivity index (χ3n) is 4.66. The van der Waals surface area contributed by atoms with E-state index in [4.69, 9.17) is 0 Å². The molecule has 25 heavy (non-hydrogen) atoms. The molecule has 0 atom stereocenters. The molecule has 1 aliphatic heterocycles. The molecule has 2 aromatic rings. The minimum atomic E-state index is 1.07. The van der Waals surface area contributed by atoms with Crippen LogP contribution >= 0.6 is 11.8 Å². The lowest BCUT2D eigenvalue weighted by molar-refractivity contribution is 0.492. The molecule has 130 valence electrons. The Bertz CT molecular complexity index is 807. The number of benzene rings is 1. The third-order valence-corrected chi connectivity index (χ3v) is 5.65. The summed E-state index contributed by atoms with van der Waals surface area (Å²) in [4.78, 5) is 6.81. The summed E-state index contributed by atoms with van der Waals surface area (Å²) in [7, 11) is 0. The van der Waals surface area contributed by atoms with Crippen molar-refractivity contribution in [2.75, 3.05) is 13.1 Å². The summed E-state index contributed by atoms with van der Waals surface area (Å²) >= 11 is 1.68. The van der Waals surface area contributed by atoms with Crippen molar-refractivity contribution in [3.63, 3.8) is 0 Å². The second kappa shape index (κ2) is 7.83. The SMILES string of the molecule is C=C(S/C=C(\C)c1c[nH]c(C(=C)N2CCCC2)c1)c1cccc(C)c1. The summed E-state index contributed by atoms with van der Waals surface area (Å²) in [5.41, 5.74) is 7.11. The van der Waals surface area contributed by atoms with E-state index in [1.54, 1.807) is 11.8 Å². The number of hydrogen-bond acceptors (Lipinski definition) is 2. The van der Waals surface area contributed by atoms with Gasteiger partial charge in [0, 0.05) is 24.2 Å². The topological polar surface area (TPSA) is 19.0 Å². The van der Waals surface area contributed by atoms with Gasteiger partial charge in [0.2, 0.25) is 0 Å². The first-order valence-electron chi connectivity index (χ1n) is 8.77. The van der Waals surface area contributed by atoms with E-state index in [0.29, 0.717) is 0 Å². The van der Waals surface area contributed by atoms with Crippen LogP contribution in [0, 0.1) is 6.92 Å². The van der Waals surface area contributed by atoms with Gasteiger partial charge in [-0.1, -0.05) is 54.7 Å². The first-order chi connectivity index (χ1) is 12.0. The first-order valence-corrected chi connectivity index (χ1v) is 9.65. The highest BCUT2D eigenvalue weighted by molar-refractivity contribution is 8.11. The lowest BCUT2D eigenvalue weighted by Gasteiger charge is -2.18. The smallest absolute Gasteiger partial charge is 0.0618 e. The Kier molecular flexibility index (Phi) is 5.54. The summed E-state index contributed by atoms with van der Waals surface area (Å²) in [6.07, 6.45) is 4.60. The Labute approximate surface area is 155 Å². The van der Waals surface area contributed by atoms with Gasteiger partial charge < -0.3 is 9.88 Å². The van der Waals surface area contributed by atoms with Crippen LogP contribution in [0.2, 0.25) is 0 Å². The molecule has 0 unspecified atom stereocenters. The maximum atomic E-state index is 4.26. The molecule has 3 rings (SSSR count). The highest BCUT2D eigenvalue weighted by Crippen LogP contribution is 2.31. The van der Waals surface area contributed by atoms with Gasteiger partial charge in [-0.3, -0.25) is 0 Å². The van der Waals surface area contributed by atoms with E-state index in [-0.39, 0.29) is 0 Å². The minimum absolute atomic E-state index is 1.07. The standard InChI is InChI=1S/C22H26N2S/c1-16-8-7-9-20(12-16)19(4)25-15-17(2)21-13-22(23-14-21)18(3)24-10-5-6-11-24/h7-9,12-15,23H,3-6,10-11H2,1-2H3/b17-15+. The fourth-order valence-corrected chi connectivity index (χ4v) is 3.78. The van der Waals surface area contributed by atoms with E-state index in [2.05, 4.69) is 78.8 Å². The molecule has 2 heterocycles. The zero-order valence-corrected chi connectivity index (χ0v) is 16.0. The number of hydrogen-bond donors (Lipinski definition) is 1. The molecule has 0 aliphatic carbocycles. The predicted octanol–water partition coefficient (Wildman–Crippen LogP) is 6.15. The van der Waals surface area contributed by atoms with Crippen LogP contribution in [0.15, 0.2) is 55.1 Å². The predicted molar refractivity (Wildman–Crippen MR) is 112 cm³/mol. The number of aromatic nitrogens is 1. The number of aromatic amines is 1. The summed E-state index contributed by atoms with van der Waals surface area (Å²) in [5, 5.41) is 2.18. The fraction of sp³-hybridized carbons (Fsp3) is 0.273. The Balaban J connectivity index is 1.66. The molecule has 1 aromatic carbocycles. The molecule has 2 nitrogen and oxygen atoms in total. The van der Waals surface area contributed by atoms with Crippen molar-refractivity contribution < 1.29 is 0 Å². The molecule has 3 heteroatoms. The van der Waals surface area contributed by atoms with E-state index in [0.717, 1.165) is 29.4 Å². The highest BCUT2D eigenvalue weighted by atomic mass is 32.2. The molecular formula is C22H26N2S. The monoisotopic (exact) mass is 350 g/mol. The third kappa shape index (κ3) is 4.29. The second-order valence-electron chi connectivity index (χ2n) is 6.65. The van der Waals surface area contributed by atoms with Crippen molar-refractivity contribution in [1.29, 1.82) is 0 Å². The van der Waals surface area contributed by atoms with E-state index >= 15 is 0 Å². The maximum Gasteiger partial charge on any atom is 0.0618 e. The van der Waals surface area contributed by atoms with Crippen LogP contribution in [-0.4, -0.2) is 23.0 Å². The lowest BCUT2D eigenvalue weighted by Crippen LogP contribution is -2.16. The molecule has 0 radical (unpaired) electrons. The average molecular weight is 351 g/mol. The number of nitrogens with zero attached hydrogens (tertiary/aromatic N) is 1. The van der Waals surface area contributed by atoms with Gasteiger partial charge in [0.1, 0.15) is 0 Å². The summed E-state index contributed by atoms with van der Waals surface area (Å²) in [5.74, 6) is 0. The van der Waals surface area contributed by atoms with Crippen LogP contribution in [0.4, 0.5) is 0 Å². The zero-order valence-electron chi connectivity index (χ0n) is 15.1. The largest absolute Gasteiger partial charge is 0.370 e. The van der Waals surface area contributed by atoms with E-state index in [9.17, 15) is 0 Å². The van der Waals surface area contributed by atoms with Crippen LogP contribution in [0.1, 0.15) is 42.1 Å². The minimum Gasteiger partial charge on any atom is -0.370 e. The Morgan fingerprint density at radius 1 is 1.16 bits per heavy atom. The molecular weight excluding hydrogens is 324 g/mol. The normalized spacial score (nSPS) is 14.8. The fourth-order valence-electron chi connectivity index (χ4n) is 3.06. The van der Waals surface area contributed by atoms with Crippen LogP contribution < -0.4 is 0 Å². The van der Waals surface area contributed by atoms with Gasteiger partial charge in [-0.05, 0) is 54.9 Å². The lowest BCUT2D eigenvalue weighted by atomic mass is 10.1. The van der Waals surface area contributed by atoms with E-state index < -0.39 is 0 Å². The van der Waals surface area contributed by atoms with Crippen LogP contribution in [0.25, 0.3) is 16.2 Å². The van der Waals surface area contributed by atoms with Crippen molar-refractivity contribution in [3.8, 4) is 0 Å². The van der Waals surface area contributed by atoms with Gasteiger partial charge in [-0.2, -0.15) is 0 Å². The number of allylic oxidation sites excluding steroid dienone is 1. The van der Waals surface area contributed by atoms with Crippen molar-refractivity contribution >= 4 is 27.9 Å². The van der Waals surface area contributed by atoms with E-state index in [1.165, 1.54) is 35.1 Å². The molecule has 1 fully saturated rings. The van der Waals surface area contributed by atoms with Gasteiger partial charge >= 0.3 is 0 Å². The molecule has 0 amide bonds. The van der Waals surface area contributed by atoms with Crippen LogP contribution in [0.3, 0.4) is 0 Å². The van der Waals surface area contributed by atoms with Crippen molar-refractivity contribution in [3.05, 3.63) is 77.5 Å². The van der Waals surface area contributed by atoms with Gasteiger partial charge in [0.05, 0.1) is 11.4 Å². The van der Waals surface area contributed by atoms with Crippen LogP contribution in [-0.2, 0) is 0 Å². The van der Waals surface area contributed by atoms with Crippen molar-refractivity contribution in [2.24, 2.45) is 0 Å². The highest BCUT2D eigenvalue weighted by Gasteiger charge is 2.15. The Hall–Kier alpha value is -2.13. The average Bonchev–Trinajstić information content (AvgIpc) is 3.30. The van der Waals surface area contributed by atoms with Gasteiger partial charge in [-0.15, -0.1) is 0 Å². The van der Waals surface area contributed by atoms with Gasteiger partial charge in [0.25, 0.3) is 0 Å². The molecule has 1 N–H and O–H groups in total. The number of likely N-dealkylation sites (tertiary alicyclic amines) is 1. The maximum absolute atomic E-state index is 4.26. The van der Waals surface area contributed by atoms with Gasteiger partial charge in [-0.25, -0.2) is 0 Å². The number of H-pyrrole nitrogens is 1.